The Balaban J connectivity index is 1.39. The van der Waals surface area contributed by atoms with Crippen LogP contribution in [0.4, 0.5) is 5.82 Å². The molecule has 2 N–H and O–H groups in total. The molecule has 2 heterocycles. The molecule has 1 saturated heterocycles. The van der Waals surface area contributed by atoms with Crippen LogP contribution in [0.2, 0.25) is 0 Å². The molecule has 1 aromatic heterocycles. The summed E-state index contributed by atoms with van der Waals surface area (Å²) < 4.78 is 5.55. The highest BCUT2D eigenvalue weighted by atomic mass is 16.5. The minimum absolute atomic E-state index is 0.0835. The number of ether oxygens (including phenoxy) is 1. The number of anilines is 1. The van der Waals surface area contributed by atoms with Gasteiger partial charge in [0.15, 0.2) is 0 Å². The molecule has 1 aromatic carbocycles. The monoisotopic (exact) mass is 366 g/mol. The Bertz CT molecular complexity index is 766. The Labute approximate surface area is 159 Å². The van der Waals surface area contributed by atoms with Crippen molar-refractivity contribution in [2.75, 3.05) is 18.5 Å². The maximum atomic E-state index is 12.4. The summed E-state index contributed by atoms with van der Waals surface area (Å²) >= 11 is 0. The number of hydrogen-bond donors (Lipinski definition) is 2. The summed E-state index contributed by atoms with van der Waals surface area (Å²) in [4.78, 5) is 12.4. The van der Waals surface area contributed by atoms with Gasteiger partial charge in [-0.25, -0.2) is 0 Å². The van der Waals surface area contributed by atoms with E-state index >= 15 is 0 Å². The number of rotatable bonds is 6. The molecule has 2 aliphatic rings. The average Bonchev–Trinajstić information content (AvgIpc) is 3.41. The lowest BCUT2D eigenvalue weighted by molar-refractivity contribution is 0.0858. The standard InChI is InChI=1S/C21H26N4O2/c26-21(22-14-18-9-4-12-27-18)16-6-3-5-15(13-16)19-10-11-20(25-24-19)23-17-7-1-2-8-17/h3,5-6,10-11,13,17-18H,1-2,4,7-9,12,14H2,(H,22,26)(H,23,25)/t18-/m1/s1. The average molecular weight is 366 g/mol. The summed E-state index contributed by atoms with van der Waals surface area (Å²) in [5.41, 5.74) is 2.28. The molecule has 0 spiro atoms. The fraction of sp³-hybridized carbons (Fsp3) is 0.476. The predicted octanol–water partition coefficient (Wildman–Crippen LogP) is 3.41. The van der Waals surface area contributed by atoms with Crippen LogP contribution in [0.15, 0.2) is 36.4 Å². The topological polar surface area (TPSA) is 76.1 Å². The lowest BCUT2D eigenvalue weighted by atomic mass is 10.1. The molecule has 0 bridgehead atoms. The van der Waals surface area contributed by atoms with Crippen LogP contribution in [0, 0.1) is 0 Å². The molecule has 6 heteroatoms. The van der Waals surface area contributed by atoms with Gasteiger partial charge in [-0.1, -0.05) is 25.0 Å². The smallest absolute Gasteiger partial charge is 0.251 e. The van der Waals surface area contributed by atoms with Gasteiger partial charge in [0.2, 0.25) is 0 Å². The summed E-state index contributed by atoms with van der Waals surface area (Å²) in [6, 6.07) is 11.9. The number of carbonyl (C=O) groups is 1. The van der Waals surface area contributed by atoms with Gasteiger partial charge in [-0.15, -0.1) is 10.2 Å². The largest absolute Gasteiger partial charge is 0.376 e. The van der Waals surface area contributed by atoms with Crippen LogP contribution in [0.25, 0.3) is 11.3 Å². The second kappa shape index (κ2) is 8.48. The van der Waals surface area contributed by atoms with Crippen LogP contribution in [0.3, 0.4) is 0 Å². The van der Waals surface area contributed by atoms with Gasteiger partial charge >= 0.3 is 0 Å². The van der Waals surface area contributed by atoms with Crippen molar-refractivity contribution in [3.8, 4) is 11.3 Å². The third-order valence-electron chi connectivity index (χ3n) is 5.31. The van der Waals surface area contributed by atoms with Crippen LogP contribution < -0.4 is 10.6 Å². The number of aromatic nitrogens is 2. The van der Waals surface area contributed by atoms with Crippen LogP contribution in [-0.4, -0.2) is 41.4 Å². The van der Waals surface area contributed by atoms with Crippen molar-refractivity contribution >= 4 is 11.7 Å². The Hall–Kier alpha value is -2.47. The van der Waals surface area contributed by atoms with Crippen molar-refractivity contribution in [3.63, 3.8) is 0 Å². The van der Waals surface area contributed by atoms with Crippen LogP contribution in [-0.2, 0) is 4.74 Å². The first kappa shape index (κ1) is 17.9. The van der Waals surface area contributed by atoms with E-state index in [1.165, 1.54) is 25.7 Å². The van der Waals surface area contributed by atoms with Crippen molar-refractivity contribution in [2.45, 2.75) is 50.7 Å². The van der Waals surface area contributed by atoms with Crippen LogP contribution in [0.5, 0.6) is 0 Å². The van der Waals surface area contributed by atoms with E-state index < -0.39 is 0 Å². The maximum Gasteiger partial charge on any atom is 0.251 e. The third kappa shape index (κ3) is 4.63. The van der Waals surface area contributed by atoms with Gasteiger partial charge < -0.3 is 15.4 Å². The van der Waals surface area contributed by atoms with Crippen molar-refractivity contribution in [1.29, 1.82) is 0 Å². The number of amides is 1. The SMILES string of the molecule is O=C(NC[C@H]1CCCO1)c1cccc(-c2ccc(NC3CCCC3)nn2)c1. The first-order valence-electron chi connectivity index (χ1n) is 9.88. The van der Waals surface area contributed by atoms with E-state index in [1.807, 2.05) is 36.4 Å². The van der Waals surface area contributed by atoms with E-state index in [-0.39, 0.29) is 12.0 Å². The molecule has 6 nitrogen and oxygen atoms in total. The van der Waals surface area contributed by atoms with Crippen molar-refractivity contribution in [3.05, 3.63) is 42.0 Å². The molecule has 4 rings (SSSR count). The second-order valence-corrected chi connectivity index (χ2v) is 7.36. The molecule has 1 aliphatic carbocycles. The van der Waals surface area contributed by atoms with Gasteiger partial charge in [0.05, 0.1) is 11.8 Å². The van der Waals surface area contributed by atoms with E-state index in [4.69, 9.17) is 4.74 Å². The fourth-order valence-corrected chi connectivity index (χ4v) is 3.78. The van der Waals surface area contributed by atoms with E-state index in [0.29, 0.717) is 18.2 Å². The highest BCUT2D eigenvalue weighted by molar-refractivity contribution is 5.95. The van der Waals surface area contributed by atoms with Crippen molar-refractivity contribution < 1.29 is 9.53 Å². The van der Waals surface area contributed by atoms with Gasteiger partial charge in [-0.05, 0) is 49.9 Å². The lowest BCUT2D eigenvalue weighted by Crippen LogP contribution is -2.31. The first-order valence-corrected chi connectivity index (χ1v) is 9.88. The zero-order valence-corrected chi connectivity index (χ0v) is 15.5. The molecule has 1 amide bonds. The number of nitrogens with zero attached hydrogens (tertiary/aromatic N) is 2. The highest BCUT2D eigenvalue weighted by Gasteiger charge is 2.17. The van der Waals surface area contributed by atoms with E-state index in [9.17, 15) is 4.79 Å². The molecule has 1 aliphatic heterocycles. The minimum Gasteiger partial charge on any atom is -0.376 e. The molecule has 142 valence electrons. The lowest BCUT2D eigenvalue weighted by Gasteiger charge is -2.12. The summed E-state index contributed by atoms with van der Waals surface area (Å²) in [6.07, 6.45) is 7.19. The van der Waals surface area contributed by atoms with Crippen LogP contribution >= 0.6 is 0 Å². The number of nitrogens with one attached hydrogen (secondary N) is 2. The van der Waals surface area contributed by atoms with Gasteiger partial charge in [0.25, 0.3) is 5.91 Å². The molecule has 27 heavy (non-hydrogen) atoms. The Morgan fingerprint density at radius 2 is 1.96 bits per heavy atom. The zero-order valence-electron chi connectivity index (χ0n) is 15.5. The van der Waals surface area contributed by atoms with Gasteiger partial charge in [-0.2, -0.15) is 0 Å². The molecule has 2 fully saturated rings. The maximum absolute atomic E-state index is 12.4. The minimum atomic E-state index is -0.0835. The van der Waals surface area contributed by atoms with E-state index in [0.717, 1.165) is 36.5 Å². The second-order valence-electron chi connectivity index (χ2n) is 7.36. The van der Waals surface area contributed by atoms with Gasteiger partial charge in [0, 0.05) is 30.3 Å². The number of benzene rings is 1. The molecular weight excluding hydrogens is 340 g/mol. The summed E-state index contributed by atoms with van der Waals surface area (Å²) in [5.74, 6) is 0.732. The van der Waals surface area contributed by atoms with E-state index in [1.54, 1.807) is 0 Å². The van der Waals surface area contributed by atoms with E-state index in [2.05, 4.69) is 20.8 Å². The Kier molecular flexibility index (Phi) is 5.63. The highest BCUT2D eigenvalue weighted by Crippen LogP contribution is 2.23. The predicted molar refractivity (Wildman–Crippen MR) is 105 cm³/mol. The normalized spacial score (nSPS) is 19.9. The molecule has 0 unspecified atom stereocenters. The fourth-order valence-electron chi connectivity index (χ4n) is 3.78. The number of carbonyl (C=O) groups excluding carboxylic acids is 1. The van der Waals surface area contributed by atoms with Gasteiger partial charge in [0.1, 0.15) is 5.82 Å². The Morgan fingerprint density at radius 3 is 2.70 bits per heavy atom. The first-order chi connectivity index (χ1) is 13.3. The third-order valence-corrected chi connectivity index (χ3v) is 5.31. The molecule has 1 atom stereocenters. The molecular formula is C21H26N4O2. The number of hydrogen-bond acceptors (Lipinski definition) is 5. The Morgan fingerprint density at radius 1 is 1.07 bits per heavy atom. The quantitative estimate of drug-likeness (QED) is 0.819. The summed E-state index contributed by atoms with van der Waals surface area (Å²) in [7, 11) is 0. The summed E-state index contributed by atoms with van der Waals surface area (Å²) in [5, 5.41) is 15.0. The van der Waals surface area contributed by atoms with Crippen molar-refractivity contribution in [1.82, 2.24) is 15.5 Å². The van der Waals surface area contributed by atoms with Crippen molar-refractivity contribution in [2.24, 2.45) is 0 Å². The van der Waals surface area contributed by atoms with Gasteiger partial charge in [-0.3, -0.25) is 4.79 Å². The zero-order chi connectivity index (χ0) is 18.5. The summed E-state index contributed by atoms with van der Waals surface area (Å²) in [6.45, 7) is 1.35. The molecule has 0 radical (unpaired) electrons. The molecule has 1 saturated carbocycles. The van der Waals surface area contributed by atoms with Crippen LogP contribution in [0.1, 0.15) is 48.9 Å². The molecule has 2 aromatic rings.